The number of methoxy groups -OCH3 is 1. The van der Waals surface area contributed by atoms with Crippen LogP contribution in [0.25, 0.3) is 0 Å². The lowest BCUT2D eigenvalue weighted by molar-refractivity contribution is 0.405. The molecular weight excluding hydrogens is 212 g/mol. The van der Waals surface area contributed by atoms with Crippen molar-refractivity contribution in [3.63, 3.8) is 0 Å². The molecule has 0 saturated heterocycles. The number of ether oxygens (including phenoxy) is 1. The van der Waals surface area contributed by atoms with Crippen LogP contribution in [-0.2, 0) is 13.0 Å². The first-order valence-electron chi connectivity index (χ1n) is 6.40. The molecule has 1 atom stereocenters. The van der Waals surface area contributed by atoms with Crippen molar-refractivity contribution in [3.8, 4) is 5.75 Å². The fourth-order valence-corrected chi connectivity index (χ4v) is 2.43. The largest absolute Gasteiger partial charge is 0.496 e. The summed E-state index contributed by atoms with van der Waals surface area (Å²) in [5, 5.41) is 6.84. The van der Waals surface area contributed by atoms with Crippen LogP contribution >= 0.6 is 0 Å². The molecule has 3 heteroatoms. The summed E-state index contributed by atoms with van der Waals surface area (Å²) in [5.41, 5.74) is 4.11. The molecule has 94 valence electrons. The molecular formula is C14H22N2O. The maximum absolute atomic E-state index is 5.49. The molecule has 1 aliphatic rings. The van der Waals surface area contributed by atoms with Gasteiger partial charge in [-0.05, 0) is 43.6 Å². The summed E-state index contributed by atoms with van der Waals surface area (Å²) in [5.74, 6) is 1.00. The van der Waals surface area contributed by atoms with Gasteiger partial charge in [0.05, 0.1) is 7.11 Å². The molecule has 0 fully saturated rings. The predicted octanol–water partition coefficient (Wildman–Crippen LogP) is 2.01. The summed E-state index contributed by atoms with van der Waals surface area (Å²) in [7, 11) is 1.75. The molecule has 1 heterocycles. The summed E-state index contributed by atoms with van der Waals surface area (Å²) in [4.78, 5) is 0. The van der Waals surface area contributed by atoms with Crippen molar-refractivity contribution in [2.45, 2.75) is 32.9 Å². The summed E-state index contributed by atoms with van der Waals surface area (Å²) >= 11 is 0. The lowest BCUT2D eigenvalue weighted by Gasteiger charge is -2.25. The van der Waals surface area contributed by atoms with Gasteiger partial charge in [-0.1, -0.05) is 13.0 Å². The Morgan fingerprint density at radius 1 is 1.47 bits per heavy atom. The Morgan fingerprint density at radius 3 is 3.00 bits per heavy atom. The maximum Gasteiger partial charge on any atom is 0.123 e. The molecule has 0 aliphatic carbocycles. The summed E-state index contributed by atoms with van der Waals surface area (Å²) in [6, 6.07) is 4.92. The van der Waals surface area contributed by atoms with Crippen LogP contribution in [0.15, 0.2) is 12.1 Å². The minimum absolute atomic E-state index is 0.431. The van der Waals surface area contributed by atoms with Gasteiger partial charge in [0.1, 0.15) is 5.75 Å². The van der Waals surface area contributed by atoms with Gasteiger partial charge in [0.2, 0.25) is 0 Å². The average molecular weight is 234 g/mol. The van der Waals surface area contributed by atoms with Crippen LogP contribution in [0.2, 0.25) is 0 Å². The van der Waals surface area contributed by atoms with Crippen LogP contribution in [0.4, 0.5) is 0 Å². The molecule has 1 aromatic rings. The topological polar surface area (TPSA) is 33.3 Å². The molecule has 0 amide bonds. The fourth-order valence-electron chi connectivity index (χ4n) is 2.43. The summed E-state index contributed by atoms with van der Waals surface area (Å²) in [6.45, 7) is 7.27. The van der Waals surface area contributed by atoms with E-state index in [1.807, 2.05) is 0 Å². The number of hydrogen-bond acceptors (Lipinski definition) is 3. The molecule has 0 aromatic heterocycles. The van der Waals surface area contributed by atoms with Gasteiger partial charge in [-0.3, -0.25) is 0 Å². The first kappa shape index (κ1) is 12.4. The molecule has 3 nitrogen and oxygen atoms in total. The number of nitrogens with one attached hydrogen (secondary N) is 2. The third-order valence-corrected chi connectivity index (χ3v) is 3.42. The Labute approximate surface area is 104 Å². The van der Waals surface area contributed by atoms with Crippen molar-refractivity contribution < 1.29 is 4.74 Å². The van der Waals surface area contributed by atoms with E-state index < -0.39 is 0 Å². The molecule has 2 N–H and O–H groups in total. The Morgan fingerprint density at radius 2 is 2.29 bits per heavy atom. The number of benzene rings is 1. The van der Waals surface area contributed by atoms with Crippen molar-refractivity contribution in [2.24, 2.45) is 0 Å². The van der Waals surface area contributed by atoms with E-state index in [9.17, 15) is 0 Å². The first-order valence-corrected chi connectivity index (χ1v) is 6.40. The van der Waals surface area contributed by atoms with Crippen LogP contribution < -0.4 is 15.4 Å². The Bertz CT molecular complexity index is 390. The molecule has 0 spiro atoms. The fraction of sp³-hybridized carbons (Fsp3) is 0.571. The SMILES string of the molecule is CCNCc1cc2c(cc1OC)C(C)NCC2. The van der Waals surface area contributed by atoms with Gasteiger partial charge in [0.15, 0.2) is 0 Å². The standard InChI is InChI=1S/C14H22N2O/c1-4-15-9-12-7-11-5-6-16-10(2)13(11)8-14(12)17-3/h7-8,10,15-16H,4-6,9H2,1-3H3. The van der Waals surface area contributed by atoms with Crippen molar-refractivity contribution in [1.82, 2.24) is 10.6 Å². The highest BCUT2D eigenvalue weighted by Gasteiger charge is 2.18. The van der Waals surface area contributed by atoms with Crippen molar-refractivity contribution in [2.75, 3.05) is 20.2 Å². The summed E-state index contributed by atoms with van der Waals surface area (Å²) < 4.78 is 5.49. The van der Waals surface area contributed by atoms with E-state index >= 15 is 0 Å². The Balaban J connectivity index is 2.33. The van der Waals surface area contributed by atoms with E-state index in [1.165, 1.54) is 16.7 Å². The minimum atomic E-state index is 0.431. The van der Waals surface area contributed by atoms with E-state index in [4.69, 9.17) is 4.74 Å². The molecule has 1 aliphatic heterocycles. The third-order valence-electron chi connectivity index (χ3n) is 3.42. The average Bonchev–Trinajstić information content (AvgIpc) is 2.36. The van der Waals surface area contributed by atoms with E-state index in [2.05, 4.69) is 36.6 Å². The van der Waals surface area contributed by atoms with Gasteiger partial charge < -0.3 is 15.4 Å². The normalized spacial score (nSPS) is 18.9. The zero-order chi connectivity index (χ0) is 12.3. The van der Waals surface area contributed by atoms with Crippen LogP contribution in [0, 0.1) is 0 Å². The van der Waals surface area contributed by atoms with Gasteiger partial charge >= 0.3 is 0 Å². The Kier molecular flexibility index (Phi) is 4.02. The number of rotatable bonds is 4. The second kappa shape index (κ2) is 5.52. The van der Waals surface area contributed by atoms with Gasteiger partial charge in [-0.2, -0.15) is 0 Å². The molecule has 1 aromatic carbocycles. The second-order valence-corrected chi connectivity index (χ2v) is 4.57. The molecule has 2 rings (SSSR count). The van der Waals surface area contributed by atoms with Crippen molar-refractivity contribution in [1.29, 1.82) is 0 Å². The smallest absolute Gasteiger partial charge is 0.123 e. The van der Waals surface area contributed by atoms with Crippen LogP contribution in [0.1, 0.15) is 36.6 Å². The molecule has 0 bridgehead atoms. The number of hydrogen-bond donors (Lipinski definition) is 2. The zero-order valence-electron chi connectivity index (χ0n) is 11.0. The highest BCUT2D eigenvalue weighted by atomic mass is 16.5. The first-order chi connectivity index (χ1) is 8.26. The van der Waals surface area contributed by atoms with E-state index in [1.54, 1.807) is 7.11 Å². The van der Waals surface area contributed by atoms with Gasteiger partial charge in [0, 0.05) is 18.2 Å². The summed E-state index contributed by atoms with van der Waals surface area (Å²) in [6.07, 6.45) is 1.11. The molecule has 17 heavy (non-hydrogen) atoms. The van der Waals surface area contributed by atoms with E-state index in [0.717, 1.165) is 31.8 Å². The molecule has 1 unspecified atom stereocenters. The van der Waals surface area contributed by atoms with Crippen LogP contribution in [-0.4, -0.2) is 20.2 Å². The molecule has 0 saturated carbocycles. The highest BCUT2D eigenvalue weighted by molar-refractivity contribution is 5.45. The molecule has 0 radical (unpaired) electrons. The van der Waals surface area contributed by atoms with Crippen molar-refractivity contribution >= 4 is 0 Å². The predicted molar refractivity (Wildman–Crippen MR) is 70.5 cm³/mol. The Hall–Kier alpha value is -1.06. The lowest BCUT2D eigenvalue weighted by atomic mass is 9.93. The van der Waals surface area contributed by atoms with Crippen LogP contribution in [0.5, 0.6) is 5.75 Å². The maximum atomic E-state index is 5.49. The second-order valence-electron chi connectivity index (χ2n) is 4.57. The van der Waals surface area contributed by atoms with Crippen LogP contribution in [0.3, 0.4) is 0 Å². The minimum Gasteiger partial charge on any atom is -0.496 e. The quantitative estimate of drug-likeness (QED) is 0.836. The van der Waals surface area contributed by atoms with E-state index in [-0.39, 0.29) is 0 Å². The zero-order valence-corrected chi connectivity index (χ0v) is 11.0. The van der Waals surface area contributed by atoms with Crippen molar-refractivity contribution in [3.05, 3.63) is 28.8 Å². The highest BCUT2D eigenvalue weighted by Crippen LogP contribution is 2.30. The van der Waals surface area contributed by atoms with Gasteiger partial charge in [0.25, 0.3) is 0 Å². The monoisotopic (exact) mass is 234 g/mol. The van der Waals surface area contributed by atoms with E-state index in [0.29, 0.717) is 6.04 Å². The number of fused-ring (bicyclic) bond motifs is 1. The van der Waals surface area contributed by atoms with Gasteiger partial charge in [-0.25, -0.2) is 0 Å². The van der Waals surface area contributed by atoms with Gasteiger partial charge in [-0.15, -0.1) is 0 Å². The third kappa shape index (κ3) is 2.61. The lowest BCUT2D eigenvalue weighted by Crippen LogP contribution is -2.28.